The van der Waals surface area contributed by atoms with E-state index in [1.165, 1.54) is 0 Å². The van der Waals surface area contributed by atoms with Crippen LogP contribution in [0, 0.1) is 0 Å². The van der Waals surface area contributed by atoms with Gasteiger partial charge >= 0.3 is 5.97 Å². The zero-order valence-corrected chi connectivity index (χ0v) is 15.2. The molecule has 0 fully saturated rings. The number of carbonyl (C=O) groups is 2. The second-order valence-electron chi connectivity index (χ2n) is 6.96. The lowest BCUT2D eigenvalue weighted by Crippen LogP contribution is -2.41. The Kier molecular flexibility index (Phi) is 8.28. The van der Waals surface area contributed by atoms with Crippen LogP contribution in [-0.2, 0) is 14.3 Å². The first-order valence-electron chi connectivity index (χ1n) is 7.42. The fourth-order valence-corrected chi connectivity index (χ4v) is 2.57. The third-order valence-electron chi connectivity index (χ3n) is 3.51. The number of esters is 1. The fourth-order valence-electron chi connectivity index (χ4n) is 1.85. The van der Waals surface area contributed by atoms with Crippen LogP contribution in [0.15, 0.2) is 0 Å². The van der Waals surface area contributed by atoms with Gasteiger partial charge in [0.1, 0.15) is 5.78 Å². The van der Waals surface area contributed by atoms with E-state index in [1.807, 2.05) is 25.8 Å². The van der Waals surface area contributed by atoms with Gasteiger partial charge in [-0.25, -0.2) is 0 Å². The first-order valence-corrected chi connectivity index (χ1v) is 11.1. The van der Waals surface area contributed by atoms with Crippen molar-refractivity contribution in [3.8, 4) is 0 Å². The maximum Gasteiger partial charge on any atom is 0.305 e. The maximum absolute atomic E-state index is 11.7. The van der Waals surface area contributed by atoms with E-state index in [0.717, 1.165) is 6.04 Å². The summed E-state index contributed by atoms with van der Waals surface area (Å²) in [4.78, 5) is 25.4. The Labute approximate surface area is 124 Å². The van der Waals surface area contributed by atoms with E-state index in [-0.39, 0.29) is 23.8 Å². The number of Topliss-reactive ketones (excluding diaryl/α,β-unsaturated/α-hetero) is 1. The molecule has 0 aliphatic heterocycles. The average molecular weight is 302 g/mol. The van der Waals surface area contributed by atoms with Gasteiger partial charge in [-0.05, 0) is 40.3 Å². The highest BCUT2D eigenvalue weighted by Gasteiger charge is 2.23. The summed E-state index contributed by atoms with van der Waals surface area (Å²) < 4.78 is 5.25. The number of hydrogen-bond donors (Lipinski definition) is 0. The summed E-state index contributed by atoms with van der Waals surface area (Å²) in [7, 11) is 0.765. The van der Waals surface area contributed by atoms with Crippen molar-refractivity contribution in [3.63, 3.8) is 0 Å². The standard InChI is InChI=1S/C15H31NO3Si/c1-12(2)16(4)14(13(3)17)8-9-15(18)19-10-11-20(5,6)7/h12,14H,8-11H2,1-7H3/t14-/m0/s1. The van der Waals surface area contributed by atoms with Crippen molar-refractivity contribution in [2.24, 2.45) is 0 Å². The van der Waals surface area contributed by atoms with Crippen molar-refractivity contribution >= 4 is 19.8 Å². The molecule has 0 heterocycles. The molecular formula is C15H31NO3Si. The molecule has 5 heteroatoms. The minimum atomic E-state index is -1.16. The van der Waals surface area contributed by atoms with Gasteiger partial charge in [-0.2, -0.15) is 0 Å². The van der Waals surface area contributed by atoms with E-state index >= 15 is 0 Å². The number of ketones is 1. The molecular weight excluding hydrogens is 270 g/mol. The second kappa shape index (κ2) is 8.57. The Bertz CT molecular complexity index is 324. The molecule has 0 aliphatic carbocycles. The summed E-state index contributed by atoms with van der Waals surface area (Å²) in [5.41, 5.74) is 0. The highest BCUT2D eigenvalue weighted by Crippen LogP contribution is 2.12. The largest absolute Gasteiger partial charge is 0.466 e. The lowest BCUT2D eigenvalue weighted by molar-refractivity contribution is -0.143. The van der Waals surface area contributed by atoms with Gasteiger partial charge in [0.25, 0.3) is 0 Å². The van der Waals surface area contributed by atoms with Crippen molar-refractivity contribution in [2.45, 2.75) is 71.4 Å². The van der Waals surface area contributed by atoms with E-state index in [9.17, 15) is 9.59 Å². The molecule has 0 amide bonds. The van der Waals surface area contributed by atoms with Crippen LogP contribution in [0.5, 0.6) is 0 Å². The van der Waals surface area contributed by atoms with Gasteiger partial charge in [0.2, 0.25) is 0 Å². The van der Waals surface area contributed by atoms with E-state index in [4.69, 9.17) is 4.74 Å². The molecule has 0 N–H and O–H groups in total. The molecule has 20 heavy (non-hydrogen) atoms. The number of carbonyl (C=O) groups excluding carboxylic acids is 2. The average Bonchev–Trinajstić information content (AvgIpc) is 2.26. The van der Waals surface area contributed by atoms with Gasteiger partial charge in [0.15, 0.2) is 0 Å². The number of ether oxygens (including phenoxy) is 1. The minimum Gasteiger partial charge on any atom is -0.466 e. The summed E-state index contributed by atoms with van der Waals surface area (Å²) in [6.07, 6.45) is 0.850. The maximum atomic E-state index is 11.7. The highest BCUT2D eigenvalue weighted by atomic mass is 28.3. The van der Waals surface area contributed by atoms with Crippen molar-refractivity contribution in [1.82, 2.24) is 4.90 Å². The zero-order valence-electron chi connectivity index (χ0n) is 14.2. The van der Waals surface area contributed by atoms with Crippen LogP contribution in [0.3, 0.4) is 0 Å². The quantitative estimate of drug-likeness (QED) is 0.485. The predicted molar refractivity (Wildman–Crippen MR) is 85.7 cm³/mol. The molecule has 0 aromatic heterocycles. The first-order chi connectivity index (χ1) is 9.04. The third-order valence-corrected chi connectivity index (χ3v) is 5.22. The Morgan fingerprint density at radius 1 is 1.20 bits per heavy atom. The summed E-state index contributed by atoms with van der Waals surface area (Å²) in [6, 6.07) is 1.08. The second-order valence-corrected chi connectivity index (χ2v) is 12.6. The van der Waals surface area contributed by atoms with Crippen molar-refractivity contribution in [2.75, 3.05) is 13.7 Å². The molecule has 0 aromatic carbocycles. The number of likely N-dealkylation sites (N-methyl/N-ethyl adjacent to an activating group) is 1. The fraction of sp³-hybridized carbons (Fsp3) is 0.867. The molecule has 0 rings (SSSR count). The van der Waals surface area contributed by atoms with Crippen LogP contribution < -0.4 is 0 Å². The molecule has 0 unspecified atom stereocenters. The van der Waals surface area contributed by atoms with Crippen LogP contribution in [0.2, 0.25) is 25.7 Å². The van der Waals surface area contributed by atoms with E-state index in [1.54, 1.807) is 6.92 Å². The molecule has 118 valence electrons. The van der Waals surface area contributed by atoms with Crippen molar-refractivity contribution < 1.29 is 14.3 Å². The number of hydrogen-bond acceptors (Lipinski definition) is 4. The third kappa shape index (κ3) is 8.48. The van der Waals surface area contributed by atoms with Gasteiger partial charge in [0, 0.05) is 20.5 Å². The highest BCUT2D eigenvalue weighted by molar-refractivity contribution is 6.76. The molecule has 0 radical (unpaired) electrons. The minimum absolute atomic E-state index is 0.107. The van der Waals surface area contributed by atoms with Crippen molar-refractivity contribution in [3.05, 3.63) is 0 Å². The number of nitrogens with zero attached hydrogens (tertiary/aromatic N) is 1. The van der Waals surface area contributed by atoms with E-state index < -0.39 is 8.07 Å². The Hall–Kier alpha value is -0.683. The molecule has 0 spiro atoms. The summed E-state index contributed by atoms with van der Waals surface area (Å²) in [5.74, 6) is -0.0808. The molecule has 0 aromatic rings. The Balaban J connectivity index is 4.16. The number of rotatable bonds is 9. The molecule has 1 atom stereocenters. The monoisotopic (exact) mass is 301 g/mol. The van der Waals surface area contributed by atoms with Crippen molar-refractivity contribution in [1.29, 1.82) is 0 Å². The van der Waals surface area contributed by atoms with Gasteiger partial charge < -0.3 is 4.74 Å². The summed E-state index contributed by atoms with van der Waals surface area (Å²) in [5, 5.41) is 0. The lowest BCUT2D eigenvalue weighted by atomic mass is 10.1. The molecule has 0 saturated carbocycles. The van der Waals surface area contributed by atoms with Crippen LogP contribution in [0.1, 0.15) is 33.6 Å². The van der Waals surface area contributed by atoms with Gasteiger partial charge in [-0.3, -0.25) is 14.5 Å². The smallest absolute Gasteiger partial charge is 0.305 e. The van der Waals surface area contributed by atoms with Crippen LogP contribution >= 0.6 is 0 Å². The van der Waals surface area contributed by atoms with Crippen LogP contribution in [0.25, 0.3) is 0 Å². The molecule has 0 saturated heterocycles. The summed E-state index contributed by atoms with van der Waals surface area (Å²) in [6.45, 7) is 12.9. The zero-order chi connectivity index (χ0) is 15.9. The van der Waals surface area contributed by atoms with Gasteiger partial charge in [-0.15, -0.1) is 0 Å². The Morgan fingerprint density at radius 2 is 1.75 bits per heavy atom. The van der Waals surface area contributed by atoms with Gasteiger partial charge in [0.05, 0.1) is 12.6 Å². The van der Waals surface area contributed by atoms with E-state index in [2.05, 4.69) is 19.6 Å². The molecule has 0 aliphatic rings. The van der Waals surface area contributed by atoms with Gasteiger partial charge in [-0.1, -0.05) is 19.6 Å². The predicted octanol–water partition coefficient (Wildman–Crippen LogP) is 2.95. The SMILES string of the molecule is CC(=O)[C@H](CCC(=O)OCC[Si](C)(C)C)N(C)C(C)C. The van der Waals surface area contributed by atoms with Crippen LogP contribution in [-0.4, -0.2) is 50.5 Å². The normalized spacial score (nSPS) is 13.7. The Morgan fingerprint density at radius 3 is 2.15 bits per heavy atom. The molecule has 0 bridgehead atoms. The lowest BCUT2D eigenvalue weighted by Gasteiger charge is -2.29. The molecule has 4 nitrogen and oxygen atoms in total. The first kappa shape index (κ1) is 19.3. The van der Waals surface area contributed by atoms with Crippen LogP contribution in [0.4, 0.5) is 0 Å². The summed E-state index contributed by atoms with van der Waals surface area (Å²) >= 11 is 0. The topological polar surface area (TPSA) is 46.6 Å². The van der Waals surface area contributed by atoms with E-state index in [0.29, 0.717) is 19.4 Å².